The number of hydrogen-bond donors (Lipinski definition) is 0. The van der Waals surface area contributed by atoms with E-state index in [0.717, 1.165) is 0 Å². The van der Waals surface area contributed by atoms with E-state index in [1.54, 1.807) is 0 Å². The van der Waals surface area contributed by atoms with E-state index in [-0.39, 0.29) is 22.4 Å². The van der Waals surface area contributed by atoms with E-state index >= 15 is 0 Å². The average Bonchev–Trinajstić information content (AvgIpc) is 1.50. The van der Waals surface area contributed by atoms with Crippen LogP contribution in [0.1, 0.15) is 0 Å². The van der Waals surface area contributed by atoms with E-state index in [2.05, 4.69) is 54.3 Å². The first kappa shape index (κ1) is 15.6. The Morgan fingerprint density at radius 1 is 1.20 bits per heavy atom. The molecule has 0 heterocycles. The van der Waals surface area contributed by atoms with Crippen molar-refractivity contribution in [3.05, 3.63) is 0 Å². The van der Waals surface area contributed by atoms with Crippen molar-refractivity contribution in [2.24, 2.45) is 0 Å². The van der Waals surface area contributed by atoms with Gasteiger partial charge in [0.1, 0.15) is 0 Å². The van der Waals surface area contributed by atoms with Gasteiger partial charge in [0, 0.05) is 37.4 Å². The predicted octanol–water partition coefficient (Wildman–Crippen LogP) is 2.22. The SMILES string of the molecule is ClBr.[Ag].[Cl][Ag]. The Bertz CT molecular complexity index is 7.61. The van der Waals surface area contributed by atoms with Gasteiger partial charge in [-0.15, -0.1) is 0 Å². The molecular formula is Ag2BrCl2. The number of rotatable bonds is 0. The third-order valence-corrected chi connectivity index (χ3v) is 0. The zero-order valence-corrected chi connectivity index (χ0v) is 7.80. The topological polar surface area (TPSA) is 0 Å². The fourth-order valence-electron chi connectivity index (χ4n) is 0. The van der Waals surface area contributed by atoms with Crippen LogP contribution in [0.3, 0.4) is 0 Å². The van der Waals surface area contributed by atoms with Crippen molar-refractivity contribution in [1.29, 1.82) is 0 Å². The molecule has 0 aliphatic carbocycles. The van der Waals surface area contributed by atoms with Crippen molar-refractivity contribution in [3.63, 3.8) is 0 Å². The second kappa shape index (κ2) is 31.1. The second-order valence-corrected chi connectivity index (χ2v) is 0. The van der Waals surface area contributed by atoms with E-state index in [1.165, 1.54) is 0 Å². The molecule has 1 radical (unpaired) electrons. The molecule has 0 rings (SSSR count). The summed E-state index contributed by atoms with van der Waals surface area (Å²) < 4.78 is 0. The summed E-state index contributed by atoms with van der Waals surface area (Å²) in [6.07, 6.45) is 0. The Kier molecular flexibility index (Phi) is 97.3. The van der Waals surface area contributed by atoms with Crippen LogP contribution in [0.5, 0.6) is 0 Å². The summed E-state index contributed by atoms with van der Waals surface area (Å²) in [5.41, 5.74) is 0. The average molecular weight is 367 g/mol. The standard InChI is InChI=1S/2Ag.BrCl.ClH/c;;1-2;/h;;;1H/q;+1;;/p-1. The van der Waals surface area contributed by atoms with E-state index in [0.29, 0.717) is 0 Å². The van der Waals surface area contributed by atoms with Gasteiger partial charge in [0.2, 0.25) is 0 Å². The van der Waals surface area contributed by atoms with Crippen molar-refractivity contribution >= 4 is 34.3 Å². The summed E-state index contributed by atoms with van der Waals surface area (Å²) in [5.74, 6) is 0. The molecule has 0 amide bonds. The van der Waals surface area contributed by atoms with E-state index in [4.69, 9.17) is 0 Å². The molecule has 0 spiro atoms. The molecule has 0 aromatic carbocycles. The van der Waals surface area contributed by atoms with Crippen molar-refractivity contribution in [3.8, 4) is 0 Å². The molecule has 0 aromatic heterocycles. The Morgan fingerprint density at radius 3 is 1.20 bits per heavy atom. The molecule has 0 unspecified atom stereocenters. The van der Waals surface area contributed by atoms with E-state index < -0.39 is 0 Å². The third kappa shape index (κ3) is 20.9. The van der Waals surface area contributed by atoms with E-state index in [1.807, 2.05) is 0 Å². The molecule has 0 saturated heterocycles. The minimum atomic E-state index is 0. The van der Waals surface area contributed by atoms with Gasteiger partial charge in [0.15, 0.2) is 0 Å². The fourth-order valence-corrected chi connectivity index (χ4v) is 0. The Morgan fingerprint density at radius 2 is 1.20 bits per heavy atom. The quantitative estimate of drug-likeness (QED) is 0.577. The molecule has 0 aromatic rings. The van der Waals surface area contributed by atoms with Gasteiger partial charge in [-0.3, -0.25) is 0 Å². The Balaban J connectivity index is -0.0000000133. The maximum atomic E-state index is 4.45. The fraction of sp³-hybridized carbons (Fsp3) is 0. The maximum absolute atomic E-state index is 4.45. The minimum absolute atomic E-state index is 0. The van der Waals surface area contributed by atoms with Crippen LogP contribution in [0.4, 0.5) is 0 Å². The van der Waals surface area contributed by atoms with Gasteiger partial charge < -0.3 is 0 Å². The summed E-state index contributed by atoms with van der Waals surface area (Å²) >= 11 is 4.83. The molecule has 5 heteroatoms. The molecule has 0 aliphatic heterocycles. The number of hydrogen-bond acceptors (Lipinski definition) is 0. The van der Waals surface area contributed by atoms with Crippen LogP contribution in [-0.2, 0) is 42.4 Å². The zero-order valence-electron chi connectivity index (χ0n) is 1.74. The van der Waals surface area contributed by atoms with Gasteiger partial charge >= 0.3 is 29.2 Å². The molecule has 5 heavy (non-hydrogen) atoms. The van der Waals surface area contributed by atoms with Crippen LogP contribution in [0.2, 0.25) is 0 Å². The molecule has 0 nitrogen and oxygen atoms in total. The van der Waals surface area contributed by atoms with Crippen molar-refractivity contribution in [1.82, 2.24) is 0 Å². The van der Waals surface area contributed by atoms with E-state index in [9.17, 15) is 0 Å². The van der Waals surface area contributed by atoms with Crippen LogP contribution in [0.15, 0.2) is 0 Å². The molecule has 0 bridgehead atoms. The van der Waals surface area contributed by atoms with Gasteiger partial charge in [-0.1, -0.05) is 0 Å². The van der Waals surface area contributed by atoms with Crippen LogP contribution >= 0.6 is 34.3 Å². The van der Waals surface area contributed by atoms with Gasteiger partial charge in [0.25, 0.3) is 0 Å². The van der Waals surface area contributed by atoms with Gasteiger partial charge in [-0.05, 0) is 10.1 Å². The normalized spacial score (nSPS) is 2.60. The monoisotopic (exact) mass is 363 g/mol. The first-order valence-electron chi connectivity index (χ1n) is 0.257. The second-order valence-electron chi connectivity index (χ2n) is 0. The third-order valence-electron chi connectivity index (χ3n) is 0. The van der Waals surface area contributed by atoms with Crippen LogP contribution < -0.4 is 0 Å². The van der Waals surface area contributed by atoms with Crippen LogP contribution in [0.25, 0.3) is 0 Å². The predicted molar refractivity (Wildman–Crippen MR) is 20.6 cm³/mol. The molecule has 0 saturated carbocycles. The summed E-state index contributed by atoms with van der Waals surface area (Å²) in [4.78, 5) is 0. The molecule has 0 N–H and O–H groups in total. The summed E-state index contributed by atoms with van der Waals surface area (Å²) in [5, 5.41) is 0. The van der Waals surface area contributed by atoms with Crippen molar-refractivity contribution in [2.45, 2.75) is 0 Å². The first-order valence-corrected chi connectivity index (χ1v) is 4.25. The van der Waals surface area contributed by atoms with Gasteiger partial charge in [-0.25, -0.2) is 0 Å². The summed E-state index contributed by atoms with van der Waals surface area (Å²) in [6.45, 7) is 0. The van der Waals surface area contributed by atoms with Gasteiger partial charge in [-0.2, -0.15) is 0 Å². The Hall–Kier alpha value is 2.54. The zero-order chi connectivity index (χ0) is 4.00. The molecule has 0 aliphatic rings. The summed E-state index contributed by atoms with van der Waals surface area (Å²) in [6, 6.07) is 0. The van der Waals surface area contributed by atoms with Gasteiger partial charge in [0.05, 0.1) is 0 Å². The van der Waals surface area contributed by atoms with Crippen LogP contribution in [-0.4, -0.2) is 0 Å². The number of halogens is 3. The van der Waals surface area contributed by atoms with Crippen molar-refractivity contribution in [2.75, 3.05) is 0 Å². The van der Waals surface area contributed by atoms with Crippen molar-refractivity contribution < 1.29 is 42.4 Å². The first-order chi connectivity index (χ1) is 2.00. The molecule has 0 atom stereocenters. The van der Waals surface area contributed by atoms with Crippen LogP contribution in [0, 0.1) is 0 Å². The molecular weight excluding hydrogens is 367 g/mol. The summed E-state index contributed by atoms with van der Waals surface area (Å²) in [7, 11) is 8.90. The Labute approximate surface area is 75.6 Å². The molecule has 43 valence electrons. The molecule has 0 fully saturated rings.